The van der Waals surface area contributed by atoms with Gasteiger partial charge >= 0.3 is 22.1 Å². The Morgan fingerprint density at radius 1 is 1.03 bits per heavy atom. The summed E-state index contributed by atoms with van der Waals surface area (Å²) in [5.74, 6) is -2.76. The standard InChI is InChI=1S/C23H29NO7S/c1-6-29-21(25)19(20(24)22(26)30-23(3,4)5)16-8-7-9-17(14-16)31-32(27,28)18-12-10-15(2)11-13-18/h7-14,19-20H,6,24H2,1-5H3. The molecule has 0 aliphatic rings. The quantitative estimate of drug-likeness (QED) is 0.468. The zero-order valence-electron chi connectivity index (χ0n) is 18.8. The molecule has 0 fully saturated rings. The van der Waals surface area contributed by atoms with Gasteiger partial charge in [0, 0.05) is 0 Å². The zero-order chi connectivity index (χ0) is 24.1. The molecule has 8 nitrogen and oxygen atoms in total. The van der Waals surface area contributed by atoms with Crippen molar-refractivity contribution in [2.24, 2.45) is 5.73 Å². The van der Waals surface area contributed by atoms with Gasteiger partial charge in [-0.3, -0.25) is 9.59 Å². The topological polar surface area (TPSA) is 122 Å². The molecule has 0 radical (unpaired) electrons. The second-order valence-electron chi connectivity index (χ2n) is 8.21. The van der Waals surface area contributed by atoms with Gasteiger partial charge in [0.2, 0.25) is 0 Å². The number of esters is 2. The van der Waals surface area contributed by atoms with Crippen molar-refractivity contribution in [3.63, 3.8) is 0 Å². The molecule has 2 aromatic rings. The predicted octanol–water partition coefficient (Wildman–Crippen LogP) is 3.08. The van der Waals surface area contributed by atoms with Gasteiger partial charge in [-0.15, -0.1) is 0 Å². The van der Waals surface area contributed by atoms with E-state index >= 15 is 0 Å². The number of carbonyl (C=O) groups is 2. The molecule has 0 amide bonds. The van der Waals surface area contributed by atoms with E-state index in [4.69, 9.17) is 19.4 Å². The molecule has 32 heavy (non-hydrogen) atoms. The summed E-state index contributed by atoms with van der Waals surface area (Å²) in [5.41, 5.74) is 6.44. The number of nitrogens with two attached hydrogens (primary N) is 1. The first-order chi connectivity index (χ1) is 14.8. The van der Waals surface area contributed by atoms with Crippen molar-refractivity contribution in [2.75, 3.05) is 6.61 Å². The molecule has 2 rings (SSSR count). The van der Waals surface area contributed by atoms with Gasteiger partial charge in [0.15, 0.2) is 0 Å². The Morgan fingerprint density at radius 2 is 1.66 bits per heavy atom. The van der Waals surface area contributed by atoms with Crippen molar-refractivity contribution in [1.29, 1.82) is 0 Å². The number of aryl methyl sites for hydroxylation is 1. The summed E-state index contributed by atoms with van der Waals surface area (Å²) in [4.78, 5) is 25.1. The fourth-order valence-corrected chi connectivity index (χ4v) is 3.79. The van der Waals surface area contributed by atoms with Gasteiger partial charge in [-0.05, 0) is 64.4 Å². The molecule has 174 valence electrons. The molecule has 0 aliphatic carbocycles. The Hall–Kier alpha value is -2.91. The second-order valence-corrected chi connectivity index (χ2v) is 9.76. The van der Waals surface area contributed by atoms with E-state index in [2.05, 4.69) is 0 Å². The SMILES string of the molecule is CCOC(=O)C(c1cccc(OS(=O)(=O)c2ccc(C)cc2)c1)C(N)C(=O)OC(C)(C)C. The summed E-state index contributed by atoms with van der Waals surface area (Å²) in [5, 5.41) is 0. The first kappa shape index (κ1) is 25.4. The molecular weight excluding hydrogens is 434 g/mol. The summed E-state index contributed by atoms with van der Waals surface area (Å²) in [6.45, 7) is 8.59. The van der Waals surface area contributed by atoms with E-state index in [9.17, 15) is 18.0 Å². The normalized spacial score (nSPS) is 13.7. The monoisotopic (exact) mass is 463 g/mol. The van der Waals surface area contributed by atoms with E-state index < -0.39 is 39.6 Å². The molecule has 2 N–H and O–H groups in total. The molecule has 2 atom stereocenters. The largest absolute Gasteiger partial charge is 0.465 e. The maximum absolute atomic E-state index is 12.6. The molecule has 0 saturated carbocycles. The molecule has 0 heterocycles. The molecule has 0 bridgehead atoms. The highest BCUT2D eigenvalue weighted by Gasteiger charge is 2.36. The van der Waals surface area contributed by atoms with E-state index in [-0.39, 0.29) is 22.8 Å². The molecule has 2 aromatic carbocycles. The number of carbonyl (C=O) groups excluding carboxylic acids is 2. The van der Waals surface area contributed by atoms with E-state index in [1.807, 2.05) is 6.92 Å². The third-order valence-corrected chi connectivity index (χ3v) is 5.57. The average molecular weight is 464 g/mol. The van der Waals surface area contributed by atoms with Crippen molar-refractivity contribution in [3.8, 4) is 5.75 Å². The van der Waals surface area contributed by atoms with Gasteiger partial charge < -0.3 is 19.4 Å². The zero-order valence-corrected chi connectivity index (χ0v) is 19.6. The summed E-state index contributed by atoms with van der Waals surface area (Å²) in [6, 6.07) is 10.6. The van der Waals surface area contributed by atoms with Gasteiger partial charge in [-0.1, -0.05) is 29.8 Å². The molecule has 2 unspecified atom stereocenters. The van der Waals surface area contributed by atoms with Gasteiger partial charge in [0.1, 0.15) is 28.2 Å². The minimum atomic E-state index is -4.10. The van der Waals surface area contributed by atoms with Crippen LogP contribution in [0, 0.1) is 6.92 Å². The van der Waals surface area contributed by atoms with E-state index in [0.717, 1.165) is 5.56 Å². The van der Waals surface area contributed by atoms with Crippen molar-refractivity contribution < 1.29 is 31.7 Å². The minimum absolute atomic E-state index is 0.0131. The van der Waals surface area contributed by atoms with Crippen LogP contribution in [0.4, 0.5) is 0 Å². The highest BCUT2D eigenvalue weighted by atomic mass is 32.2. The van der Waals surface area contributed by atoms with Crippen LogP contribution in [-0.4, -0.2) is 38.6 Å². The number of hydrogen-bond acceptors (Lipinski definition) is 8. The summed E-state index contributed by atoms with van der Waals surface area (Å²) in [7, 11) is -4.10. The van der Waals surface area contributed by atoms with Crippen molar-refractivity contribution >= 4 is 22.1 Å². The first-order valence-corrected chi connectivity index (χ1v) is 11.5. The van der Waals surface area contributed by atoms with Gasteiger partial charge in [0.25, 0.3) is 0 Å². The third kappa shape index (κ3) is 6.80. The Bertz CT molecular complexity index is 1060. The smallest absolute Gasteiger partial charge is 0.339 e. The summed E-state index contributed by atoms with van der Waals surface area (Å²) < 4.78 is 40.9. The Labute approximate surface area is 188 Å². The molecular formula is C23H29NO7S. The molecule has 0 aromatic heterocycles. The summed E-state index contributed by atoms with van der Waals surface area (Å²) in [6.07, 6.45) is 0. The van der Waals surface area contributed by atoms with Crippen LogP contribution in [0.25, 0.3) is 0 Å². The number of hydrogen-bond donors (Lipinski definition) is 1. The van der Waals surface area contributed by atoms with Crippen LogP contribution in [0.2, 0.25) is 0 Å². The van der Waals surface area contributed by atoms with Gasteiger partial charge in [-0.25, -0.2) is 0 Å². The van der Waals surface area contributed by atoms with Crippen molar-refractivity contribution in [3.05, 3.63) is 59.7 Å². The van der Waals surface area contributed by atoms with Crippen molar-refractivity contribution in [1.82, 2.24) is 0 Å². The van der Waals surface area contributed by atoms with Gasteiger partial charge in [-0.2, -0.15) is 8.42 Å². The van der Waals surface area contributed by atoms with Crippen LogP contribution < -0.4 is 9.92 Å². The fraction of sp³-hybridized carbons (Fsp3) is 0.391. The van der Waals surface area contributed by atoms with Crippen LogP contribution >= 0.6 is 0 Å². The summed E-state index contributed by atoms with van der Waals surface area (Å²) >= 11 is 0. The molecule has 9 heteroatoms. The van der Waals surface area contributed by atoms with E-state index in [0.29, 0.717) is 0 Å². The highest BCUT2D eigenvalue weighted by Crippen LogP contribution is 2.28. The molecule has 0 saturated heterocycles. The second kappa shape index (κ2) is 10.1. The minimum Gasteiger partial charge on any atom is -0.465 e. The predicted molar refractivity (Wildman–Crippen MR) is 119 cm³/mol. The number of rotatable bonds is 8. The lowest BCUT2D eigenvalue weighted by atomic mass is 9.91. The molecule has 0 spiro atoms. The van der Waals surface area contributed by atoms with Crippen LogP contribution in [0.15, 0.2) is 53.4 Å². The van der Waals surface area contributed by atoms with Crippen molar-refractivity contribution in [2.45, 2.75) is 57.1 Å². The lowest BCUT2D eigenvalue weighted by molar-refractivity contribution is -0.161. The highest BCUT2D eigenvalue weighted by molar-refractivity contribution is 7.87. The van der Waals surface area contributed by atoms with Crippen LogP contribution in [-0.2, 0) is 29.2 Å². The number of benzene rings is 2. The van der Waals surface area contributed by atoms with Crippen LogP contribution in [0.3, 0.4) is 0 Å². The Kier molecular flexibility index (Phi) is 8.03. The van der Waals surface area contributed by atoms with Gasteiger partial charge in [0.05, 0.1) is 6.61 Å². The Balaban J connectivity index is 2.37. The average Bonchev–Trinajstić information content (AvgIpc) is 2.67. The maximum Gasteiger partial charge on any atom is 0.339 e. The first-order valence-electron chi connectivity index (χ1n) is 10.1. The number of ether oxygens (including phenoxy) is 2. The van der Waals surface area contributed by atoms with Crippen LogP contribution in [0.5, 0.6) is 5.75 Å². The lowest BCUT2D eigenvalue weighted by Gasteiger charge is -2.26. The molecule has 0 aliphatic heterocycles. The lowest BCUT2D eigenvalue weighted by Crippen LogP contribution is -2.44. The Morgan fingerprint density at radius 3 is 2.22 bits per heavy atom. The van der Waals surface area contributed by atoms with E-state index in [1.165, 1.54) is 36.4 Å². The fourth-order valence-electron chi connectivity index (χ4n) is 2.87. The maximum atomic E-state index is 12.6. The van der Waals surface area contributed by atoms with Crippen LogP contribution in [0.1, 0.15) is 44.7 Å². The third-order valence-electron chi connectivity index (χ3n) is 4.31. The van der Waals surface area contributed by atoms with E-state index in [1.54, 1.807) is 39.8 Å².